The molecule has 0 aliphatic carbocycles. The molecular weight excluding hydrogens is 366 g/mol. The number of benzene rings is 2. The van der Waals surface area contributed by atoms with E-state index < -0.39 is 15.6 Å². The van der Waals surface area contributed by atoms with E-state index in [1.807, 2.05) is 37.3 Å². The van der Waals surface area contributed by atoms with E-state index in [9.17, 15) is 13.2 Å². The van der Waals surface area contributed by atoms with Crippen LogP contribution in [0.25, 0.3) is 28.0 Å². The van der Waals surface area contributed by atoms with Crippen molar-refractivity contribution in [2.45, 2.75) is 11.8 Å². The van der Waals surface area contributed by atoms with Gasteiger partial charge in [-0.15, -0.1) is 0 Å². The normalized spacial score (nSPS) is 11.8. The van der Waals surface area contributed by atoms with Crippen LogP contribution in [0.5, 0.6) is 0 Å². The molecule has 4 aromatic rings. The number of rotatable bonds is 3. The average Bonchev–Trinajstić information content (AvgIpc) is 3.01. The summed E-state index contributed by atoms with van der Waals surface area (Å²) in [5.74, 6) is 0. The van der Waals surface area contributed by atoms with Crippen molar-refractivity contribution in [3.05, 3.63) is 76.6 Å². The molecule has 4 rings (SSSR count). The Morgan fingerprint density at radius 2 is 1.70 bits per heavy atom. The molecule has 0 aliphatic heterocycles. The monoisotopic (exact) mass is 381 g/mol. The average molecular weight is 381 g/mol. The summed E-state index contributed by atoms with van der Waals surface area (Å²) in [5, 5.41) is 10.5. The molecular formula is C19H15N3O4S. The third-order valence-electron chi connectivity index (χ3n) is 4.23. The van der Waals surface area contributed by atoms with E-state index in [-0.39, 0.29) is 4.90 Å². The lowest BCUT2D eigenvalue weighted by molar-refractivity contribution is 0.535. The zero-order valence-corrected chi connectivity index (χ0v) is 15.1. The fourth-order valence-electron chi connectivity index (χ4n) is 2.98. The molecule has 27 heavy (non-hydrogen) atoms. The highest BCUT2D eigenvalue weighted by Gasteiger charge is 2.19. The Kier molecular flexibility index (Phi) is 3.94. The van der Waals surface area contributed by atoms with Gasteiger partial charge in [0.1, 0.15) is 5.69 Å². The maximum atomic E-state index is 11.9. The number of fused-ring (bicyclic) bond motifs is 1. The van der Waals surface area contributed by atoms with Crippen molar-refractivity contribution in [2.75, 3.05) is 0 Å². The van der Waals surface area contributed by atoms with E-state index in [0.29, 0.717) is 17.1 Å². The summed E-state index contributed by atoms with van der Waals surface area (Å²) in [6, 6.07) is 16.8. The predicted molar refractivity (Wildman–Crippen MR) is 101 cm³/mol. The Labute approximate surface area is 154 Å². The molecule has 0 unspecified atom stereocenters. The summed E-state index contributed by atoms with van der Waals surface area (Å²) in [6.45, 7) is 1.82. The third kappa shape index (κ3) is 3.05. The molecule has 0 saturated carbocycles. The van der Waals surface area contributed by atoms with Gasteiger partial charge in [0.05, 0.1) is 16.0 Å². The maximum Gasteiger partial charge on any atom is 0.337 e. The van der Waals surface area contributed by atoms with E-state index in [4.69, 9.17) is 9.56 Å². The topological polar surface area (TPSA) is 108 Å². The van der Waals surface area contributed by atoms with Gasteiger partial charge in [-0.3, -0.25) is 0 Å². The van der Waals surface area contributed by atoms with Gasteiger partial charge in [-0.25, -0.2) is 18.4 Å². The minimum Gasteiger partial charge on any atom is -0.403 e. The van der Waals surface area contributed by atoms with E-state index in [1.165, 1.54) is 22.9 Å². The molecule has 2 N–H and O–H groups in total. The van der Waals surface area contributed by atoms with Gasteiger partial charge in [-0.05, 0) is 36.8 Å². The van der Waals surface area contributed by atoms with Crippen LogP contribution in [0.3, 0.4) is 0 Å². The van der Waals surface area contributed by atoms with Crippen molar-refractivity contribution in [2.24, 2.45) is 5.14 Å². The van der Waals surface area contributed by atoms with Gasteiger partial charge >= 0.3 is 5.63 Å². The van der Waals surface area contributed by atoms with Crippen molar-refractivity contribution < 1.29 is 12.8 Å². The number of primary sulfonamides is 1. The zero-order valence-electron chi connectivity index (χ0n) is 14.3. The summed E-state index contributed by atoms with van der Waals surface area (Å²) in [5.41, 5.74) is 2.64. The molecule has 0 atom stereocenters. The Morgan fingerprint density at radius 3 is 2.33 bits per heavy atom. The van der Waals surface area contributed by atoms with Crippen LogP contribution in [-0.4, -0.2) is 18.2 Å². The molecule has 8 heteroatoms. The van der Waals surface area contributed by atoms with Crippen LogP contribution in [0.4, 0.5) is 0 Å². The van der Waals surface area contributed by atoms with Crippen LogP contribution in [-0.2, 0) is 10.0 Å². The number of nitrogens with zero attached hydrogens (tertiary/aromatic N) is 2. The number of hydrogen-bond acceptors (Lipinski definition) is 5. The van der Waals surface area contributed by atoms with Crippen molar-refractivity contribution >= 4 is 21.1 Å². The first kappa shape index (κ1) is 17.2. The Hall–Kier alpha value is -3.23. The van der Waals surface area contributed by atoms with Crippen molar-refractivity contribution in [3.8, 4) is 16.9 Å². The second kappa shape index (κ2) is 6.19. The zero-order chi connectivity index (χ0) is 19.2. The number of nitrogens with two attached hydrogens (primary N) is 1. The van der Waals surface area contributed by atoms with Crippen molar-refractivity contribution in [1.29, 1.82) is 0 Å². The molecule has 136 valence electrons. The molecule has 0 bridgehead atoms. The van der Waals surface area contributed by atoms with Gasteiger partial charge in [0.25, 0.3) is 0 Å². The molecule has 0 aliphatic rings. The maximum absolute atomic E-state index is 11.9. The summed E-state index contributed by atoms with van der Waals surface area (Å²) in [6.07, 6.45) is 0. The Morgan fingerprint density at radius 1 is 1.04 bits per heavy atom. The smallest absolute Gasteiger partial charge is 0.337 e. The van der Waals surface area contributed by atoms with Crippen LogP contribution < -0.4 is 10.8 Å². The molecule has 0 radical (unpaired) electrons. The lowest BCUT2D eigenvalue weighted by atomic mass is 10.1. The highest BCUT2D eigenvalue weighted by Crippen LogP contribution is 2.31. The Balaban J connectivity index is 2.00. The van der Waals surface area contributed by atoms with Gasteiger partial charge in [0.15, 0.2) is 0 Å². The van der Waals surface area contributed by atoms with Crippen molar-refractivity contribution in [3.63, 3.8) is 0 Å². The molecule has 0 amide bonds. The Bertz CT molecular complexity index is 1310. The summed E-state index contributed by atoms with van der Waals surface area (Å²) in [4.78, 5) is 11.9. The largest absolute Gasteiger partial charge is 0.403 e. The standard InChI is InChI=1S/C19H15N3O4S/c1-12-11-16(23)26-19-17(12)18(13-5-3-2-4-6-13)21-22(19)14-7-9-15(10-8-14)27(20,24)25/h2-11H,1H3,(H2,20,24,25). The number of aromatic nitrogens is 2. The van der Waals surface area contributed by atoms with Crippen LogP contribution in [0.15, 0.2) is 74.8 Å². The van der Waals surface area contributed by atoms with Crippen LogP contribution in [0, 0.1) is 6.92 Å². The SMILES string of the molecule is Cc1cc(=O)oc2c1c(-c1ccccc1)nn2-c1ccc(S(N)(=O)=O)cc1. The van der Waals surface area contributed by atoms with Gasteiger partial charge in [0, 0.05) is 11.6 Å². The van der Waals surface area contributed by atoms with E-state index >= 15 is 0 Å². The van der Waals surface area contributed by atoms with E-state index in [1.54, 1.807) is 12.1 Å². The van der Waals surface area contributed by atoms with E-state index in [0.717, 1.165) is 16.5 Å². The first-order valence-electron chi connectivity index (χ1n) is 8.07. The van der Waals surface area contributed by atoms with Crippen LogP contribution >= 0.6 is 0 Å². The van der Waals surface area contributed by atoms with Gasteiger partial charge in [0.2, 0.25) is 15.7 Å². The molecule has 7 nitrogen and oxygen atoms in total. The second-order valence-electron chi connectivity index (χ2n) is 6.09. The van der Waals surface area contributed by atoms with Crippen LogP contribution in [0.1, 0.15) is 5.56 Å². The minimum atomic E-state index is -3.80. The highest BCUT2D eigenvalue weighted by molar-refractivity contribution is 7.89. The first-order valence-corrected chi connectivity index (χ1v) is 9.61. The third-order valence-corrected chi connectivity index (χ3v) is 5.16. The lowest BCUT2D eigenvalue weighted by Gasteiger charge is -2.04. The van der Waals surface area contributed by atoms with Crippen molar-refractivity contribution in [1.82, 2.24) is 9.78 Å². The minimum absolute atomic E-state index is 0.0105. The first-order chi connectivity index (χ1) is 12.8. The predicted octanol–water partition coefficient (Wildman–Crippen LogP) is 2.60. The quantitative estimate of drug-likeness (QED) is 0.587. The summed E-state index contributed by atoms with van der Waals surface area (Å²) < 4.78 is 29.8. The molecule has 2 aromatic carbocycles. The fraction of sp³-hybridized carbons (Fsp3) is 0.0526. The molecule has 0 spiro atoms. The fourth-order valence-corrected chi connectivity index (χ4v) is 3.49. The van der Waals surface area contributed by atoms with Gasteiger partial charge < -0.3 is 4.42 Å². The second-order valence-corrected chi connectivity index (χ2v) is 7.66. The molecule has 2 aromatic heterocycles. The molecule has 0 saturated heterocycles. The molecule has 2 heterocycles. The number of sulfonamides is 1. The molecule has 0 fully saturated rings. The van der Waals surface area contributed by atoms with Crippen LogP contribution in [0.2, 0.25) is 0 Å². The number of aryl methyl sites for hydroxylation is 1. The number of hydrogen-bond donors (Lipinski definition) is 1. The lowest BCUT2D eigenvalue weighted by Crippen LogP contribution is -2.12. The van der Waals surface area contributed by atoms with E-state index in [2.05, 4.69) is 5.10 Å². The highest BCUT2D eigenvalue weighted by atomic mass is 32.2. The summed E-state index contributed by atoms with van der Waals surface area (Å²) in [7, 11) is -3.80. The summed E-state index contributed by atoms with van der Waals surface area (Å²) >= 11 is 0. The van der Waals surface area contributed by atoms with Gasteiger partial charge in [-0.2, -0.15) is 9.78 Å². The van der Waals surface area contributed by atoms with Gasteiger partial charge in [-0.1, -0.05) is 30.3 Å².